The van der Waals surface area contributed by atoms with E-state index in [2.05, 4.69) is 48.9 Å². The number of allylic oxidation sites excluding steroid dienone is 2. The van der Waals surface area contributed by atoms with E-state index < -0.39 is 0 Å². The van der Waals surface area contributed by atoms with E-state index in [0.29, 0.717) is 5.41 Å². The van der Waals surface area contributed by atoms with Crippen LogP contribution in [0.4, 0.5) is 0 Å². The van der Waals surface area contributed by atoms with Gasteiger partial charge in [0.15, 0.2) is 0 Å². The highest BCUT2D eigenvalue weighted by atomic mass is 14.4. The van der Waals surface area contributed by atoms with Crippen LogP contribution in [0.3, 0.4) is 0 Å². The number of hydrogen-bond donors (Lipinski definition) is 0. The van der Waals surface area contributed by atoms with E-state index in [4.69, 9.17) is 0 Å². The molecule has 0 saturated heterocycles. The first-order valence-corrected chi connectivity index (χ1v) is 4.97. The summed E-state index contributed by atoms with van der Waals surface area (Å²) >= 11 is 0. The highest BCUT2D eigenvalue weighted by Crippen LogP contribution is 2.49. The number of rotatable bonds is 1. The second-order valence-corrected chi connectivity index (χ2v) is 4.19. The maximum atomic E-state index is 2.45. The van der Waals surface area contributed by atoms with Crippen LogP contribution in [0.5, 0.6) is 0 Å². The molecule has 13 heavy (non-hydrogen) atoms. The fraction of sp³-hybridized carbons (Fsp3) is 0.308. The lowest BCUT2D eigenvalue weighted by Crippen LogP contribution is -2.16. The van der Waals surface area contributed by atoms with Crippen LogP contribution in [0.1, 0.15) is 18.4 Å². The molecule has 1 saturated carbocycles. The zero-order chi connectivity index (χ0) is 8.73. The third-order valence-electron chi connectivity index (χ3n) is 3.40. The fourth-order valence-corrected chi connectivity index (χ4v) is 2.64. The SMILES string of the molecule is [CH]1CC2(c3ccccc3)C=CC1C2. The average Bonchev–Trinajstić information content (AvgIpc) is 2.80. The van der Waals surface area contributed by atoms with Crippen molar-refractivity contribution in [3.63, 3.8) is 0 Å². The Balaban J connectivity index is 2.06. The second kappa shape index (κ2) is 2.47. The van der Waals surface area contributed by atoms with E-state index in [1.54, 1.807) is 0 Å². The summed E-state index contributed by atoms with van der Waals surface area (Å²) in [7, 11) is 0. The summed E-state index contributed by atoms with van der Waals surface area (Å²) in [5.41, 5.74) is 1.86. The van der Waals surface area contributed by atoms with Crippen molar-refractivity contribution < 1.29 is 0 Å². The molecule has 0 heterocycles. The minimum atomic E-state index is 0.367. The maximum Gasteiger partial charge on any atom is 0.0141 e. The van der Waals surface area contributed by atoms with E-state index in [1.807, 2.05) is 0 Å². The molecule has 1 aromatic rings. The van der Waals surface area contributed by atoms with E-state index in [-0.39, 0.29) is 0 Å². The van der Waals surface area contributed by atoms with Gasteiger partial charge in [-0.05, 0) is 30.7 Å². The quantitative estimate of drug-likeness (QED) is 0.567. The van der Waals surface area contributed by atoms with Gasteiger partial charge in [0.25, 0.3) is 0 Å². The summed E-state index contributed by atoms with van der Waals surface area (Å²) in [6, 6.07) is 10.9. The summed E-state index contributed by atoms with van der Waals surface area (Å²) in [4.78, 5) is 0. The van der Waals surface area contributed by atoms with Crippen LogP contribution < -0.4 is 0 Å². The minimum Gasteiger partial charge on any atom is -0.0842 e. The molecular weight excluding hydrogens is 156 g/mol. The minimum absolute atomic E-state index is 0.367. The van der Waals surface area contributed by atoms with E-state index in [0.717, 1.165) is 5.92 Å². The third kappa shape index (κ3) is 0.980. The zero-order valence-corrected chi connectivity index (χ0v) is 7.61. The Labute approximate surface area is 79.3 Å². The molecule has 3 rings (SSSR count). The molecular formula is C13H13. The molecule has 2 atom stereocenters. The molecule has 1 aromatic carbocycles. The largest absolute Gasteiger partial charge is 0.0842 e. The Morgan fingerprint density at radius 1 is 1.15 bits per heavy atom. The van der Waals surface area contributed by atoms with Gasteiger partial charge in [-0.1, -0.05) is 42.5 Å². The topological polar surface area (TPSA) is 0 Å². The molecule has 1 radical (unpaired) electrons. The van der Waals surface area contributed by atoms with Crippen molar-refractivity contribution in [2.45, 2.75) is 18.3 Å². The van der Waals surface area contributed by atoms with E-state index >= 15 is 0 Å². The normalized spacial score (nSPS) is 35.5. The predicted molar refractivity (Wildman–Crippen MR) is 54.3 cm³/mol. The van der Waals surface area contributed by atoms with Crippen molar-refractivity contribution in [3.05, 3.63) is 54.5 Å². The second-order valence-electron chi connectivity index (χ2n) is 4.19. The Kier molecular flexibility index (Phi) is 1.40. The van der Waals surface area contributed by atoms with Gasteiger partial charge in [-0.2, -0.15) is 0 Å². The van der Waals surface area contributed by atoms with Gasteiger partial charge in [-0.3, -0.25) is 0 Å². The molecule has 1 fully saturated rings. The summed E-state index contributed by atoms with van der Waals surface area (Å²) < 4.78 is 0. The van der Waals surface area contributed by atoms with Gasteiger partial charge in [0.2, 0.25) is 0 Å². The van der Waals surface area contributed by atoms with Gasteiger partial charge in [0, 0.05) is 5.41 Å². The van der Waals surface area contributed by atoms with Crippen LogP contribution in [0.25, 0.3) is 0 Å². The highest BCUT2D eigenvalue weighted by molar-refractivity contribution is 5.39. The van der Waals surface area contributed by atoms with Crippen molar-refractivity contribution in [2.24, 2.45) is 5.92 Å². The third-order valence-corrected chi connectivity index (χ3v) is 3.40. The van der Waals surface area contributed by atoms with Crippen molar-refractivity contribution in [2.75, 3.05) is 0 Å². The standard InChI is InChI=1S/C13H13/c1-2-4-12(5-3-1)13-8-6-11(10-13)7-9-13/h1-8,11H,9-10H2. The molecule has 0 amide bonds. The molecule has 0 spiro atoms. The Bertz CT molecular complexity index is 336. The van der Waals surface area contributed by atoms with Gasteiger partial charge >= 0.3 is 0 Å². The van der Waals surface area contributed by atoms with Crippen LogP contribution in [-0.2, 0) is 5.41 Å². The monoisotopic (exact) mass is 169 g/mol. The highest BCUT2D eigenvalue weighted by Gasteiger charge is 2.41. The van der Waals surface area contributed by atoms with Gasteiger partial charge in [-0.15, -0.1) is 0 Å². The molecule has 2 bridgehead atoms. The van der Waals surface area contributed by atoms with Crippen molar-refractivity contribution in [3.8, 4) is 0 Å². The van der Waals surface area contributed by atoms with Gasteiger partial charge in [0.1, 0.15) is 0 Å². The smallest absolute Gasteiger partial charge is 0.0141 e. The molecule has 0 aromatic heterocycles. The van der Waals surface area contributed by atoms with Crippen molar-refractivity contribution in [1.82, 2.24) is 0 Å². The van der Waals surface area contributed by atoms with Crippen LogP contribution in [0.2, 0.25) is 0 Å². The average molecular weight is 169 g/mol. The van der Waals surface area contributed by atoms with E-state index in [1.165, 1.54) is 18.4 Å². The molecule has 0 heteroatoms. The first kappa shape index (κ1) is 7.37. The van der Waals surface area contributed by atoms with Crippen molar-refractivity contribution in [1.29, 1.82) is 0 Å². The van der Waals surface area contributed by atoms with Crippen LogP contribution >= 0.6 is 0 Å². The Morgan fingerprint density at radius 2 is 2.00 bits per heavy atom. The first-order chi connectivity index (χ1) is 6.39. The Morgan fingerprint density at radius 3 is 2.54 bits per heavy atom. The maximum absolute atomic E-state index is 2.45. The van der Waals surface area contributed by atoms with Gasteiger partial charge < -0.3 is 0 Å². The lowest BCUT2D eigenvalue weighted by atomic mass is 9.80. The molecule has 2 aliphatic rings. The summed E-state index contributed by atoms with van der Waals surface area (Å²) in [6.45, 7) is 0. The zero-order valence-electron chi connectivity index (χ0n) is 7.61. The van der Waals surface area contributed by atoms with Gasteiger partial charge in [-0.25, -0.2) is 0 Å². The lowest BCUT2D eigenvalue weighted by Gasteiger charge is -2.23. The molecule has 2 unspecified atom stereocenters. The van der Waals surface area contributed by atoms with Gasteiger partial charge in [0.05, 0.1) is 0 Å². The predicted octanol–water partition coefficient (Wildman–Crippen LogP) is 3.11. The Hall–Kier alpha value is -1.04. The molecule has 2 aliphatic carbocycles. The van der Waals surface area contributed by atoms with Crippen LogP contribution in [-0.4, -0.2) is 0 Å². The number of hydrogen-bond acceptors (Lipinski definition) is 0. The summed E-state index contributed by atoms with van der Waals surface area (Å²) in [5, 5.41) is 0. The summed E-state index contributed by atoms with van der Waals surface area (Å²) in [5.74, 6) is 0.750. The van der Waals surface area contributed by atoms with Crippen molar-refractivity contribution >= 4 is 0 Å². The van der Waals surface area contributed by atoms with E-state index in [9.17, 15) is 0 Å². The lowest BCUT2D eigenvalue weighted by molar-refractivity contribution is 0.572. The molecule has 0 nitrogen and oxygen atoms in total. The fourth-order valence-electron chi connectivity index (χ4n) is 2.64. The summed E-state index contributed by atoms with van der Waals surface area (Å²) in [6.07, 6.45) is 9.76. The molecule has 0 N–H and O–H groups in total. The number of benzene rings is 1. The van der Waals surface area contributed by atoms with Crippen LogP contribution in [0.15, 0.2) is 42.5 Å². The molecule has 65 valence electrons. The number of fused-ring (bicyclic) bond motifs is 2. The van der Waals surface area contributed by atoms with Crippen LogP contribution in [0, 0.1) is 12.3 Å². The first-order valence-electron chi connectivity index (χ1n) is 4.97. The molecule has 0 aliphatic heterocycles.